The molecule has 0 aromatic heterocycles. The fourth-order valence-corrected chi connectivity index (χ4v) is 6.43. The number of sulfonamides is 1. The van der Waals surface area contributed by atoms with Crippen molar-refractivity contribution in [1.82, 2.24) is 10.2 Å². The Morgan fingerprint density at radius 3 is 1.91 bits per heavy atom. The van der Waals surface area contributed by atoms with Gasteiger partial charge in [-0.05, 0) is 48.7 Å². The van der Waals surface area contributed by atoms with E-state index in [1.54, 1.807) is 30.3 Å². The number of carbonyl (C=O) groups is 2. The zero-order chi connectivity index (χ0) is 33.1. The largest absolute Gasteiger partial charge is 0.493 e. The molecule has 4 aromatic carbocycles. The lowest BCUT2D eigenvalue weighted by Gasteiger charge is -2.34. The van der Waals surface area contributed by atoms with E-state index in [4.69, 9.17) is 9.47 Å². The van der Waals surface area contributed by atoms with Crippen molar-refractivity contribution in [3.05, 3.63) is 120 Å². The molecule has 10 heteroatoms. The van der Waals surface area contributed by atoms with Crippen LogP contribution in [0.15, 0.2) is 114 Å². The number of nitrogens with one attached hydrogen (secondary N) is 1. The summed E-state index contributed by atoms with van der Waals surface area (Å²) in [5.41, 5.74) is 1.87. The third kappa shape index (κ3) is 8.45. The molecule has 9 nitrogen and oxygen atoms in total. The highest BCUT2D eigenvalue weighted by Gasteiger charge is 2.35. The van der Waals surface area contributed by atoms with E-state index in [1.165, 1.54) is 37.3 Å². The Balaban J connectivity index is 1.82. The van der Waals surface area contributed by atoms with Crippen molar-refractivity contribution in [2.45, 2.75) is 50.2 Å². The molecule has 0 aliphatic heterocycles. The van der Waals surface area contributed by atoms with Gasteiger partial charge in [-0.1, -0.05) is 85.8 Å². The summed E-state index contributed by atoms with van der Waals surface area (Å²) >= 11 is 0. The van der Waals surface area contributed by atoms with Crippen molar-refractivity contribution in [3.8, 4) is 11.5 Å². The third-order valence-electron chi connectivity index (χ3n) is 7.73. The van der Waals surface area contributed by atoms with Crippen molar-refractivity contribution in [2.24, 2.45) is 0 Å². The number of nitrogens with zero attached hydrogens (tertiary/aromatic N) is 2. The molecule has 0 aliphatic carbocycles. The van der Waals surface area contributed by atoms with Crippen LogP contribution in [-0.2, 0) is 32.6 Å². The van der Waals surface area contributed by atoms with Gasteiger partial charge in [0.1, 0.15) is 12.6 Å². The van der Waals surface area contributed by atoms with Crippen molar-refractivity contribution in [1.29, 1.82) is 0 Å². The molecule has 2 atom stereocenters. The number of amides is 2. The first-order chi connectivity index (χ1) is 22.2. The molecule has 0 unspecified atom stereocenters. The molecule has 0 aliphatic rings. The maximum Gasteiger partial charge on any atom is 0.264 e. The van der Waals surface area contributed by atoms with E-state index in [9.17, 15) is 18.0 Å². The zero-order valence-electron chi connectivity index (χ0n) is 26.6. The lowest BCUT2D eigenvalue weighted by molar-refractivity contribution is -0.140. The molecular weight excluding hydrogens is 602 g/mol. The quantitative estimate of drug-likeness (QED) is 0.185. The van der Waals surface area contributed by atoms with E-state index >= 15 is 0 Å². The molecule has 242 valence electrons. The Labute approximate surface area is 271 Å². The van der Waals surface area contributed by atoms with Gasteiger partial charge < -0.3 is 19.7 Å². The molecule has 0 saturated carbocycles. The highest BCUT2D eigenvalue weighted by molar-refractivity contribution is 7.92. The SMILES string of the molecule is CC[C@H](C)NC(=O)[C@@H](Cc1ccccc1)N(Cc1ccccc1)C(=O)CN(c1ccc(OC)c(OC)c1)S(=O)(=O)c1ccccc1. The number of carbonyl (C=O) groups excluding carboxylic acids is 2. The second kappa shape index (κ2) is 15.9. The van der Waals surface area contributed by atoms with E-state index in [2.05, 4.69) is 5.32 Å². The maximum absolute atomic E-state index is 14.6. The first-order valence-electron chi connectivity index (χ1n) is 15.1. The Morgan fingerprint density at radius 1 is 0.783 bits per heavy atom. The number of hydrogen-bond donors (Lipinski definition) is 1. The number of benzene rings is 4. The van der Waals surface area contributed by atoms with Crippen LogP contribution in [0.2, 0.25) is 0 Å². The van der Waals surface area contributed by atoms with Gasteiger partial charge in [0, 0.05) is 25.1 Å². The van der Waals surface area contributed by atoms with Gasteiger partial charge >= 0.3 is 0 Å². The van der Waals surface area contributed by atoms with Crippen LogP contribution >= 0.6 is 0 Å². The van der Waals surface area contributed by atoms with Gasteiger partial charge in [0.15, 0.2) is 11.5 Å². The van der Waals surface area contributed by atoms with E-state index in [1.807, 2.05) is 74.5 Å². The molecule has 0 heterocycles. The molecule has 4 aromatic rings. The molecular formula is C36H41N3O6S. The summed E-state index contributed by atoms with van der Waals surface area (Å²) in [5.74, 6) is -0.147. The Morgan fingerprint density at radius 2 is 1.35 bits per heavy atom. The minimum absolute atomic E-state index is 0.0162. The van der Waals surface area contributed by atoms with Crippen LogP contribution in [0.25, 0.3) is 0 Å². The Hall–Kier alpha value is -4.83. The molecule has 0 radical (unpaired) electrons. The van der Waals surface area contributed by atoms with Gasteiger partial charge in [0.05, 0.1) is 24.8 Å². The number of ether oxygens (including phenoxy) is 2. The summed E-state index contributed by atoms with van der Waals surface area (Å²) in [7, 11) is -1.30. The van der Waals surface area contributed by atoms with Crippen molar-refractivity contribution >= 4 is 27.5 Å². The number of rotatable bonds is 15. The standard InChI is InChI=1S/C36H41N3O6S/c1-5-27(2)37-36(41)32(23-28-15-9-6-10-16-28)38(25-29-17-11-7-12-18-29)35(40)26-39(46(42,43)31-19-13-8-14-20-31)30-21-22-33(44-3)34(24-30)45-4/h6-22,24,27,32H,5,23,25-26H2,1-4H3,(H,37,41)/t27-,32+/m0/s1. The molecule has 46 heavy (non-hydrogen) atoms. The fourth-order valence-electron chi connectivity index (χ4n) is 5.00. The first-order valence-corrected chi connectivity index (χ1v) is 16.6. The second-order valence-electron chi connectivity index (χ2n) is 10.9. The lowest BCUT2D eigenvalue weighted by Crippen LogP contribution is -2.54. The van der Waals surface area contributed by atoms with E-state index in [0.717, 1.165) is 15.4 Å². The molecule has 0 spiro atoms. The van der Waals surface area contributed by atoms with Gasteiger partial charge in [0.2, 0.25) is 11.8 Å². The highest BCUT2D eigenvalue weighted by Crippen LogP contribution is 2.34. The minimum Gasteiger partial charge on any atom is -0.493 e. The summed E-state index contributed by atoms with van der Waals surface area (Å²) in [6.45, 7) is 3.41. The summed E-state index contributed by atoms with van der Waals surface area (Å²) in [6.07, 6.45) is 0.947. The van der Waals surface area contributed by atoms with Crippen molar-refractivity contribution in [2.75, 3.05) is 25.1 Å². The summed E-state index contributed by atoms with van der Waals surface area (Å²) < 4.78 is 40.3. The van der Waals surface area contributed by atoms with Crippen LogP contribution in [-0.4, -0.2) is 58.0 Å². The third-order valence-corrected chi connectivity index (χ3v) is 9.52. The van der Waals surface area contributed by atoms with E-state index in [0.29, 0.717) is 17.9 Å². The van der Waals surface area contributed by atoms with Crippen LogP contribution in [0.4, 0.5) is 5.69 Å². The van der Waals surface area contributed by atoms with E-state index in [-0.39, 0.29) is 35.5 Å². The smallest absolute Gasteiger partial charge is 0.264 e. The predicted octanol–water partition coefficient (Wildman–Crippen LogP) is 5.45. The van der Waals surface area contributed by atoms with Crippen LogP contribution < -0.4 is 19.1 Å². The average molecular weight is 644 g/mol. The zero-order valence-corrected chi connectivity index (χ0v) is 27.4. The topological polar surface area (TPSA) is 105 Å². The molecule has 0 bridgehead atoms. The van der Waals surface area contributed by atoms with Crippen LogP contribution in [0.5, 0.6) is 11.5 Å². The monoisotopic (exact) mass is 643 g/mol. The van der Waals surface area contributed by atoms with Gasteiger partial charge in [0.25, 0.3) is 10.0 Å². The van der Waals surface area contributed by atoms with Crippen LogP contribution in [0.3, 0.4) is 0 Å². The van der Waals surface area contributed by atoms with E-state index < -0.39 is 28.5 Å². The first kappa shape index (κ1) is 34.1. The van der Waals surface area contributed by atoms with Crippen molar-refractivity contribution in [3.63, 3.8) is 0 Å². The normalized spacial score (nSPS) is 12.4. The van der Waals surface area contributed by atoms with Crippen LogP contribution in [0, 0.1) is 0 Å². The van der Waals surface area contributed by atoms with Gasteiger partial charge in [-0.2, -0.15) is 0 Å². The predicted molar refractivity (Wildman–Crippen MR) is 179 cm³/mol. The highest BCUT2D eigenvalue weighted by atomic mass is 32.2. The molecule has 0 saturated heterocycles. The van der Waals surface area contributed by atoms with Crippen LogP contribution in [0.1, 0.15) is 31.4 Å². The number of hydrogen-bond acceptors (Lipinski definition) is 6. The molecule has 2 amide bonds. The molecule has 0 fully saturated rings. The molecule has 1 N–H and O–H groups in total. The number of methoxy groups -OCH3 is 2. The van der Waals surface area contributed by atoms with Gasteiger partial charge in [-0.3, -0.25) is 13.9 Å². The summed E-state index contributed by atoms with van der Waals surface area (Å²) in [5, 5.41) is 3.04. The van der Waals surface area contributed by atoms with Crippen molar-refractivity contribution < 1.29 is 27.5 Å². The lowest BCUT2D eigenvalue weighted by atomic mass is 10.0. The summed E-state index contributed by atoms with van der Waals surface area (Å²) in [4.78, 5) is 30.0. The summed E-state index contributed by atoms with van der Waals surface area (Å²) in [6, 6.07) is 30.4. The van der Waals surface area contributed by atoms with Gasteiger partial charge in [-0.15, -0.1) is 0 Å². The Bertz CT molecular complexity index is 1690. The number of anilines is 1. The fraction of sp³-hybridized carbons (Fsp3) is 0.278. The Kier molecular flexibility index (Phi) is 11.8. The second-order valence-corrected chi connectivity index (χ2v) is 12.8. The van der Waals surface area contributed by atoms with Gasteiger partial charge in [-0.25, -0.2) is 8.42 Å². The molecule has 4 rings (SSSR count). The maximum atomic E-state index is 14.6. The minimum atomic E-state index is -4.24. The average Bonchev–Trinajstić information content (AvgIpc) is 3.09.